The molecule has 0 saturated carbocycles. The van der Waals surface area contributed by atoms with Crippen LogP contribution < -0.4 is 0 Å². The minimum absolute atomic E-state index is 0.202. The number of nitrogens with zero attached hydrogens (tertiary/aromatic N) is 2. The van der Waals surface area contributed by atoms with Gasteiger partial charge in [0.05, 0.1) is 5.56 Å². The fraction of sp³-hybridized carbons (Fsp3) is 0.667. The van der Waals surface area contributed by atoms with Gasteiger partial charge in [-0.05, 0) is 43.7 Å². The van der Waals surface area contributed by atoms with Crippen LogP contribution in [-0.4, -0.2) is 54.6 Å². The number of carbonyl (C=O) groups is 1. The monoisotopic (exact) mass is 398 g/mol. The smallest absolute Gasteiger partial charge is 0.382 e. The van der Waals surface area contributed by atoms with Crippen molar-refractivity contribution in [1.82, 2.24) is 9.80 Å². The van der Waals surface area contributed by atoms with E-state index in [1.807, 2.05) is 11.8 Å². The van der Waals surface area contributed by atoms with Gasteiger partial charge in [0.2, 0.25) is 5.91 Å². The fourth-order valence-corrected chi connectivity index (χ4v) is 4.52. The fourth-order valence-electron chi connectivity index (χ4n) is 4.52. The summed E-state index contributed by atoms with van der Waals surface area (Å²) < 4.78 is 45.2. The zero-order valence-electron chi connectivity index (χ0n) is 16.4. The number of piperidine rings is 2. The predicted molar refractivity (Wildman–Crippen MR) is 101 cm³/mol. The average Bonchev–Trinajstić information content (AvgIpc) is 2.66. The Kier molecular flexibility index (Phi) is 6.99. The van der Waals surface area contributed by atoms with Crippen molar-refractivity contribution >= 4 is 5.91 Å². The summed E-state index contributed by atoms with van der Waals surface area (Å²) in [6.07, 6.45) is -1.33. The third-order valence-corrected chi connectivity index (χ3v) is 5.84. The molecule has 7 heteroatoms. The lowest BCUT2D eigenvalue weighted by atomic mass is 9.83. The highest BCUT2D eigenvalue weighted by Gasteiger charge is 2.39. The van der Waals surface area contributed by atoms with E-state index in [2.05, 4.69) is 4.90 Å². The van der Waals surface area contributed by atoms with E-state index in [0.29, 0.717) is 50.8 Å². The van der Waals surface area contributed by atoms with Crippen LogP contribution in [0.3, 0.4) is 0 Å². The van der Waals surface area contributed by atoms with E-state index < -0.39 is 11.7 Å². The second-order valence-electron chi connectivity index (χ2n) is 7.68. The molecule has 0 spiro atoms. The third kappa shape index (κ3) is 5.06. The number of rotatable bonds is 7. The number of amides is 1. The summed E-state index contributed by atoms with van der Waals surface area (Å²) in [5.74, 6) is 0.533. The third-order valence-electron chi connectivity index (χ3n) is 5.84. The molecule has 0 aromatic heterocycles. The highest BCUT2D eigenvalue weighted by Crippen LogP contribution is 2.35. The van der Waals surface area contributed by atoms with Crippen LogP contribution in [0.25, 0.3) is 0 Å². The first-order valence-electron chi connectivity index (χ1n) is 10.1. The second-order valence-corrected chi connectivity index (χ2v) is 7.68. The Balaban J connectivity index is 1.61. The Labute approximate surface area is 164 Å². The first kappa shape index (κ1) is 21.1. The number of alkyl halides is 3. The lowest BCUT2D eigenvalue weighted by Gasteiger charge is -2.47. The van der Waals surface area contributed by atoms with Gasteiger partial charge in [-0.15, -0.1) is 0 Å². The molecule has 4 nitrogen and oxygen atoms in total. The molecule has 2 saturated heterocycles. The minimum Gasteiger partial charge on any atom is -0.382 e. The number of ether oxygens (including phenoxy) is 1. The Hall–Kier alpha value is -1.60. The summed E-state index contributed by atoms with van der Waals surface area (Å²) in [4.78, 5) is 16.5. The minimum atomic E-state index is -4.33. The van der Waals surface area contributed by atoms with E-state index >= 15 is 0 Å². The molecule has 1 aromatic rings. The van der Waals surface area contributed by atoms with Crippen molar-refractivity contribution in [3.05, 3.63) is 35.4 Å². The van der Waals surface area contributed by atoms with Gasteiger partial charge in [0.25, 0.3) is 0 Å². The summed E-state index contributed by atoms with van der Waals surface area (Å²) in [6, 6.07) is 6.03. The van der Waals surface area contributed by atoms with Gasteiger partial charge in [-0.25, -0.2) is 0 Å². The van der Waals surface area contributed by atoms with Gasteiger partial charge in [-0.1, -0.05) is 18.2 Å². The van der Waals surface area contributed by atoms with E-state index in [1.54, 1.807) is 12.1 Å². The molecule has 0 N–H and O–H groups in total. The average molecular weight is 398 g/mol. The van der Waals surface area contributed by atoms with Crippen LogP contribution in [0.15, 0.2) is 24.3 Å². The quantitative estimate of drug-likeness (QED) is 0.652. The first-order chi connectivity index (χ1) is 13.4. The molecule has 0 bridgehead atoms. The SMILES string of the molecule is CCOCCCN1C(=O)CC[C@@H]2CN(Cc3ccccc3C(F)(F)F)CC[C@@H]21. The molecule has 2 aliphatic heterocycles. The molecule has 0 radical (unpaired) electrons. The van der Waals surface area contributed by atoms with Crippen molar-refractivity contribution in [1.29, 1.82) is 0 Å². The Morgan fingerprint density at radius 3 is 2.75 bits per heavy atom. The zero-order valence-corrected chi connectivity index (χ0v) is 16.4. The van der Waals surface area contributed by atoms with Crippen molar-refractivity contribution in [3.8, 4) is 0 Å². The maximum absolute atomic E-state index is 13.3. The Bertz CT molecular complexity index is 665. The molecular formula is C21H29F3N2O2. The molecule has 28 heavy (non-hydrogen) atoms. The van der Waals surface area contributed by atoms with Crippen LogP contribution in [0.1, 0.15) is 43.7 Å². The van der Waals surface area contributed by atoms with Gasteiger partial charge in [0, 0.05) is 51.9 Å². The number of halogens is 3. The van der Waals surface area contributed by atoms with E-state index in [-0.39, 0.29) is 11.9 Å². The molecule has 2 atom stereocenters. The Morgan fingerprint density at radius 1 is 1.21 bits per heavy atom. The summed E-state index contributed by atoms with van der Waals surface area (Å²) >= 11 is 0. The van der Waals surface area contributed by atoms with Gasteiger partial charge >= 0.3 is 6.18 Å². The number of hydrogen-bond donors (Lipinski definition) is 0. The van der Waals surface area contributed by atoms with E-state index in [0.717, 1.165) is 31.9 Å². The molecule has 0 unspecified atom stereocenters. The van der Waals surface area contributed by atoms with Gasteiger partial charge in [-0.2, -0.15) is 13.2 Å². The van der Waals surface area contributed by atoms with Crippen molar-refractivity contribution in [3.63, 3.8) is 0 Å². The van der Waals surface area contributed by atoms with Crippen molar-refractivity contribution in [2.45, 2.75) is 51.4 Å². The standard InChI is InChI=1S/C21H29F3N2O2/c1-2-28-13-5-11-26-19-10-12-25(15-17(19)8-9-20(26)27)14-16-6-3-4-7-18(16)21(22,23)24/h3-4,6-7,17,19H,2,5,8-15H2,1H3/t17-,19+/m1/s1. The predicted octanol–water partition coefficient (Wildman–Crippen LogP) is 3.94. The molecule has 2 heterocycles. The first-order valence-corrected chi connectivity index (χ1v) is 10.1. The normalized spacial score (nSPS) is 23.7. The van der Waals surface area contributed by atoms with E-state index in [4.69, 9.17) is 4.74 Å². The lowest BCUT2D eigenvalue weighted by Crippen LogP contribution is -2.56. The van der Waals surface area contributed by atoms with Crippen LogP contribution >= 0.6 is 0 Å². The Morgan fingerprint density at radius 2 is 2.00 bits per heavy atom. The molecule has 1 amide bonds. The van der Waals surface area contributed by atoms with Crippen LogP contribution in [0.2, 0.25) is 0 Å². The number of benzene rings is 1. The largest absolute Gasteiger partial charge is 0.416 e. The van der Waals surface area contributed by atoms with Gasteiger partial charge < -0.3 is 9.64 Å². The van der Waals surface area contributed by atoms with Gasteiger partial charge in [0.1, 0.15) is 0 Å². The van der Waals surface area contributed by atoms with E-state index in [9.17, 15) is 18.0 Å². The number of likely N-dealkylation sites (tertiary alicyclic amines) is 2. The molecule has 0 aliphatic carbocycles. The number of carbonyl (C=O) groups excluding carboxylic acids is 1. The molecule has 3 rings (SSSR count). The summed E-state index contributed by atoms with van der Waals surface area (Å²) in [6.45, 7) is 5.74. The summed E-state index contributed by atoms with van der Waals surface area (Å²) in [7, 11) is 0. The molecular weight excluding hydrogens is 369 g/mol. The molecule has 156 valence electrons. The number of fused-ring (bicyclic) bond motifs is 1. The topological polar surface area (TPSA) is 32.8 Å². The molecule has 2 fully saturated rings. The lowest BCUT2D eigenvalue weighted by molar-refractivity contribution is -0.142. The zero-order chi connectivity index (χ0) is 20.1. The number of hydrogen-bond acceptors (Lipinski definition) is 3. The van der Waals surface area contributed by atoms with Gasteiger partial charge in [0.15, 0.2) is 0 Å². The van der Waals surface area contributed by atoms with Gasteiger partial charge in [-0.3, -0.25) is 9.69 Å². The van der Waals surface area contributed by atoms with Crippen LogP contribution in [-0.2, 0) is 22.3 Å². The van der Waals surface area contributed by atoms with Crippen molar-refractivity contribution < 1.29 is 22.7 Å². The van der Waals surface area contributed by atoms with Crippen molar-refractivity contribution in [2.24, 2.45) is 5.92 Å². The highest BCUT2D eigenvalue weighted by atomic mass is 19.4. The molecule has 2 aliphatic rings. The van der Waals surface area contributed by atoms with Crippen LogP contribution in [0.5, 0.6) is 0 Å². The summed E-state index contributed by atoms with van der Waals surface area (Å²) in [5, 5.41) is 0. The van der Waals surface area contributed by atoms with Crippen LogP contribution in [0, 0.1) is 5.92 Å². The van der Waals surface area contributed by atoms with Crippen LogP contribution in [0.4, 0.5) is 13.2 Å². The molecule has 1 aromatic carbocycles. The van der Waals surface area contributed by atoms with E-state index in [1.165, 1.54) is 6.07 Å². The second kappa shape index (κ2) is 9.27. The van der Waals surface area contributed by atoms with Crippen molar-refractivity contribution in [2.75, 3.05) is 32.8 Å². The maximum Gasteiger partial charge on any atom is 0.416 e. The highest BCUT2D eigenvalue weighted by molar-refractivity contribution is 5.77. The maximum atomic E-state index is 13.3. The summed E-state index contributed by atoms with van der Waals surface area (Å²) in [5.41, 5.74) is -0.220.